The summed E-state index contributed by atoms with van der Waals surface area (Å²) in [6.45, 7) is 3.52. The third-order valence-electron chi connectivity index (χ3n) is 5.97. The molecule has 0 atom stereocenters. The Morgan fingerprint density at radius 2 is 1.82 bits per heavy atom. The number of aromatic amines is 1. The van der Waals surface area contributed by atoms with E-state index in [0.29, 0.717) is 25.3 Å². The molecule has 3 aromatic carbocycles. The molecule has 38 heavy (non-hydrogen) atoms. The first-order valence-electron chi connectivity index (χ1n) is 11.3. The maximum Gasteiger partial charge on any atom is 0.374 e. The second kappa shape index (κ2) is 11.5. The highest BCUT2D eigenvalue weighted by Crippen LogP contribution is 2.26. The maximum absolute atomic E-state index is 13.0. The second-order valence-electron chi connectivity index (χ2n) is 8.32. The third kappa shape index (κ3) is 5.41. The summed E-state index contributed by atoms with van der Waals surface area (Å²) in [6.07, 6.45) is 0.846. The molecule has 1 aromatic heterocycles. The number of anilines is 2. The lowest BCUT2D eigenvalue weighted by Gasteiger charge is -2.31. The molecule has 0 radical (unpaired) electrons. The molecule has 0 saturated heterocycles. The van der Waals surface area contributed by atoms with Crippen LogP contribution in [0.15, 0.2) is 44.7 Å². The molecule has 200 valence electrons. The van der Waals surface area contributed by atoms with Gasteiger partial charge in [-0.15, -0.1) is 12.4 Å². The van der Waals surface area contributed by atoms with Crippen molar-refractivity contribution in [3.8, 4) is 0 Å². The number of hydrogen-bond acceptors (Lipinski definition) is 9. The Bertz CT molecular complexity index is 1650. The monoisotopic (exact) mass is 547 g/mol. The van der Waals surface area contributed by atoms with Gasteiger partial charge in [0, 0.05) is 25.7 Å². The van der Waals surface area contributed by atoms with Crippen molar-refractivity contribution in [1.82, 2.24) is 9.97 Å². The first-order chi connectivity index (χ1) is 17.6. The van der Waals surface area contributed by atoms with Crippen molar-refractivity contribution in [1.29, 1.82) is 0 Å². The van der Waals surface area contributed by atoms with E-state index in [2.05, 4.69) is 26.8 Å². The Morgan fingerprint density at radius 1 is 1.11 bits per heavy atom. The molecule has 0 spiro atoms. The summed E-state index contributed by atoms with van der Waals surface area (Å²) in [6, 6.07) is 7.65. The van der Waals surface area contributed by atoms with E-state index in [1.54, 1.807) is 6.92 Å². The molecule has 2 heterocycles. The Balaban J connectivity index is 0.000000206. The largest absolute Gasteiger partial charge is 0.460 e. The minimum absolute atomic E-state index is 0. The number of carbonyl (C=O) groups excluding carboxylic acids is 1. The minimum Gasteiger partial charge on any atom is -0.460 e. The number of esters is 1. The summed E-state index contributed by atoms with van der Waals surface area (Å²) in [5.74, 6) is -3.48. The summed E-state index contributed by atoms with van der Waals surface area (Å²) < 4.78 is 30.6. The molecule has 10 nitrogen and oxygen atoms in total. The van der Waals surface area contributed by atoms with Crippen molar-refractivity contribution >= 4 is 40.7 Å². The molecule has 5 N–H and O–H groups in total. The number of H-pyrrole nitrogens is 1. The first kappa shape index (κ1) is 28.4. The van der Waals surface area contributed by atoms with Gasteiger partial charge in [0.2, 0.25) is 5.82 Å². The lowest BCUT2D eigenvalue weighted by atomic mass is 9.96. The van der Waals surface area contributed by atoms with Gasteiger partial charge in [0.1, 0.15) is 11.4 Å². The van der Waals surface area contributed by atoms with E-state index in [0.717, 1.165) is 29.7 Å². The van der Waals surface area contributed by atoms with Crippen LogP contribution in [0.2, 0.25) is 0 Å². The van der Waals surface area contributed by atoms with Crippen LogP contribution >= 0.6 is 12.4 Å². The molecule has 5 rings (SSSR count). The smallest absolute Gasteiger partial charge is 0.374 e. The van der Waals surface area contributed by atoms with Crippen LogP contribution in [-0.2, 0) is 24.2 Å². The van der Waals surface area contributed by atoms with Crippen LogP contribution in [0.25, 0.3) is 10.9 Å². The maximum atomic E-state index is 13.0. The molecule has 0 bridgehead atoms. The number of rotatable bonds is 4. The van der Waals surface area contributed by atoms with E-state index in [-0.39, 0.29) is 41.4 Å². The van der Waals surface area contributed by atoms with E-state index in [9.17, 15) is 28.0 Å². The number of nitrogens with zero attached hydrogens (tertiary/aromatic N) is 2. The van der Waals surface area contributed by atoms with Crippen LogP contribution in [0.1, 0.15) is 34.2 Å². The topological polar surface area (TPSA) is 161 Å². The predicted octanol–water partition coefficient (Wildman–Crippen LogP) is 1.69. The number of carbonyl (C=O) groups is 1. The molecule has 1 aliphatic heterocycles. The molecule has 0 saturated carbocycles. The molecule has 0 aliphatic carbocycles. The van der Waals surface area contributed by atoms with Gasteiger partial charge in [-0.2, -0.15) is 0 Å². The van der Waals surface area contributed by atoms with Crippen LogP contribution in [0.4, 0.5) is 20.2 Å². The quantitative estimate of drug-likeness (QED) is 0.255. The lowest BCUT2D eigenvalue weighted by molar-refractivity contribution is 0.0512. The summed E-state index contributed by atoms with van der Waals surface area (Å²) in [4.78, 5) is 53.5. The number of aromatic nitrogens is 2. The Kier molecular flexibility index (Phi) is 8.59. The summed E-state index contributed by atoms with van der Waals surface area (Å²) in [7, 11) is 0. The third-order valence-corrected chi connectivity index (χ3v) is 5.97. The molecule has 0 amide bonds. The van der Waals surface area contributed by atoms with Crippen molar-refractivity contribution in [3.63, 3.8) is 0 Å². The average Bonchev–Trinajstić information content (AvgIpc) is 2.89. The molecular weight excluding hydrogens is 524 g/mol. The predicted molar refractivity (Wildman–Crippen MR) is 140 cm³/mol. The average molecular weight is 548 g/mol. The highest BCUT2D eigenvalue weighted by molar-refractivity contribution is 5.88. The Hall–Kier alpha value is -4.16. The zero-order valence-electron chi connectivity index (χ0n) is 20.2. The molecule has 0 fully saturated rings. The second-order valence-corrected chi connectivity index (χ2v) is 8.32. The van der Waals surface area contributed by atoms with Crippen LogP contribution in [-0.4, -0.2) is 29.1 Å². The van der Waals surface area contributed by atoms with Crippen molar-refractivity contribution in [3.05, 3.63) is 95.3 Å². The number of hydrogen-bond donors (Lipinski definition) is 3. The number of ether oxygens (including phenoxy) is 1. The van der Waals surface area contributed by atoms with Gasteiger partial charge in [-0.05, 0) is 36.1 Å². The molecule has 0 unspecified atom stereocenters. The van der Waals surface area contributed by atoms with E-state index in [1.165, 1.54) is 5.56 Å². The Morgan fingerprint density at radius 3 is 2.47 bits per heavy atom. The van der Waals surface area contributed by atoms with Crippen molar-refractivity contribution in [2.75, 3.05) is 23.8 Å². The molecule has 13 heteroatoms. The van der Waals surface area contributed by atoms with Crippen LogP contribution in [0, 0.1) is 11.6 Å². The SMILES string of the molecule is CCOC(=O)c1nc2cc(F)c(F)cc2c(=O)[nH]1.Cl.NCc1ccc2c(c1)CN(c1c(N)c(=O)c1=O)CC2. The number of benzene rings is 2. The summed E-state index contributed by atoms with van der Waals surface area (Å²) in [5.41, 5.74) is 13.4. The van der Waals surface area contributed by atoms with Gasteiger partial charge in [0.15, 0.2) is 11.6 Å². The number of halogens is 3. The summed E-state index contributed by atoms with van der Waals surface area (Å²) >= 11 is 0. The molecular formula is C25H24ClF2N5O5. The highest BCUT2D eigenvalue weighted by Gasteiger charge is 2.26. The van der Waals surface area contributed by atoms with Gasteiger partial charge in [0.25, 0.3) is 16.4 Å². The number of nitrogen functional groups attached to an aromatic ring is 1. The van der Waals surface area contributed by atoms with E-state index >= 15 is 0 Å². The molecule has 1 aliphatic rings. The standard InChI is InChI=1S/C14H15N3O2.C11H8F2N2O3.ClH/c15-6-8-1-2-9-3-4-17(7-10(9)5-8)12-11(16)13(18)14(12)19;1-2-18-11(17)9-14-8-4-7(13)6(12)3-5(8)10(16)15-9;/h1-2,5H,3-4,6-7,15-16H2;3-4H,2H2,1H3,(H,14,15,16);1H. The fourth-order valence-corrected chi connectivity index (χ4v) is 4.07. The fraction of sp³-hybridized carbons (Fsp3) is 0.240. The first-order valence-corrected chi connectivity index (χ1v) is 11.3. The van der Waals surface area contributed by atoms with E-state index in [4.69, 9.17) is 11.5 Å². The number of nitrogens with one attached hydrogen (secondary N) is 1. The fourth-order valence-electron chi connectivity index (χ4n) is 4.07. The van der Waals surface area contributed by atoms with Crippen LogP contribution in [0.5, 0.6) is 0 Å². The normalized spacial score (nSPS) is 12.4. The minimum atomic E-state index is -1.15. The number of fused-ring (bicyclic) bond motifs is 2. The van der Waals surface area contributed by atoms with Crippen molar-refractivity contribution < 1.29 is 18.3 Å². The zero-order valence-corrected chi connectivity index (χ0v) is 21.0. The number of nitrogens with two attached hydrogens (primary N) is 2. The van der Waals surface area contributed by atoms with Gasteiger partial charge < -0.3 is 26.1 Å². The van der Waals surface area contributed by atoms with Crippen LogP contribution in [0.3, 0.4) is 0 Å². The Labute approximate surface area is 220 Å². The van der Waals surface area contributed by atoms with Gasteiger partial charge in [0.05, 0.1) is 17.5 Å². The van der Waals surface area contributed by atoms with Gasteiger partial charge in [-0.3, -0.25) is 14.4 Å². The lowest BCUT2D eigenvalue weighted by Crippen LogP contribution is -2.44. The van der Waals surface area contributed by atoms with Crippen LogP contribution < -0.4 is 32.8 Å². The zero-order chi connectivity index (χ0) is 26.9. The van der Waals surface area contributed by atoms with E-state index in [1.807, 2.05) is 11.0 Å². The molecule has 4 aromatic rings. The highest BCUT2D eigenvalue weighted by atomic mass is 35.5. The summed E-state index contributed by atoms with van der Waals surface area (Å²) in [5, 5.41) is -0.137. The van der Waals surface area contributed by atoms with Crippen molar-refractivity contribution in [2.24, 2.45) is 5.73 Å². The van der Waals surface area contributed by atoms with Gasteiger partial charge in [-0.1, -0.05) is 18.2 Å². The van der Waals surface area contributed by atoms with E-state index < -0.39 is 34.0 Å². The van der Waals surface area contributed by atoms with Gasteiger partial charge in [-0.25, -0.2) is 18.6 Å². The van der Waals surface area contributed by atoms with Gasteiger partial charge >= 0.3 is 5.97 Å². The van der Waals surface area contributed by atoms with Crippen molar-refractivity contribution in [2.45, 2.75) is 26.4 Å².